The molecule has 0 aromatic heterocycles. The Morgan fingerprint density at radius 1 is 1.29 bits per heavy atom. The van der Waals surface area contributed by atoms with Crippen molar-refractivity contribution in [2.45, 2.75) is 57.6 Å². The molecule has 0 aromatic carbocycles. The molecule has 0 aromatic rings. The van der Waals surface area contributed by atoms with E-state index in [0.29, 0.717) is 25.9 Å². The van der Waals surface area contributed by atoms with Crippen LogP contribution in [-0.4, -0.2) is 61.9 Å². The number of amides is 1. The second-order valence-corrected chi connectivity index (χ2v) is 6.55. The minimum atomic E-state index is -0.462. The molecule has 122 valence electrons. The van der Waals surface area contributed by atoms with Crippen molar-refractivity contribution in [2.75, 3.05) is 39.5 Å². The van der Waals surface area contributed by atoms with Crippen molar-refractivity contribution in [3.63, 3.8) is 0 Å². The molecule has 2 rings (SSSR count). The number of ether oxygens (including phenoxy) is 2. The number of nitrogens with one attached hydrogen (secondary N) is 1. The molecular weight excluding hydrogens is 268 g/mol. The van der Waals surface area contributed by atoms with E-state index in [9.17, 15) is 4.79 Å². The van der Waals surface area contributed by atoms with Gasteiger partial charge in [0.25, 0.3) is 0 Å². The van der Waals surface area contributed by atoms with E-state index in [1.807, 2.05) is 13.8 Å². The first-order valence-electron chi connectivity index (χ1n) is 8.33. The van der Waals surface area contributed by atoms with Gasteiger partial charge in [-0.25, -0.2) is 0 Å². The van der Waals surface area contributed by atoms with Crippen LogP contribution in [0.5, 0.6) is 0 Å². The molecule has 5 heteroatoms. The molecule has 0 spiro atoms. The Morgan fingerprint density at radius 3 is 2.62 bits per heavy atom. The zero-order chi connectivity index (χ0) is 15.1. The van der Waals surface area contributed by atoms with Crippen molar-refractivity contribution in [3.05, 3.63) is 0 Å². The molecule has 1 amide bonds. The fourth-order valence-electron chi connectivity index (χ4n) is 3.06. The Labute approximate surface area is 128 Å². The quantitative estimate of drug-likeness (QED) is 0.725. The van der Waals surface area contributed by atoms with Gasteiger partial charge in [0.2, 0.25) is 5.91 Å². The Hall–Kier alpha value is -0.650. The van der Waals surface area contributed by atoms with Gasteiger partial charge in [0.1, 0.15) is 0 Å². The fourth-order valence-corrected chi connectivity index (χ4v) is 3.06. The van der Waals surface area contributed by atoms with E-state index in [-0.39, 0.29) is 5.91 Å². The van der Waals surface area contributed by atoms with E-state index in [4.69, 9.17) is 9.47 Å². The van der Waals surface area contributed by atoms with Gasteiger partial charge in [-0.1, -0.05) is 12.8 Å². The summed E-state index contributed by atoms with van der Waals surface area (Å²) in [4.78, 5) is 14.5. The molecule has 0 unspecified atom stereocenters. The summed E-state index contributed by atoms with van der Waals surface area (Å²) in [5.74, 6) is 0.102. The van der Waals surface area contributed by atoms with Crippen LogP contribution in [0.15, 0.2) is 0 Å². The van der Waals surface area contributed by atoms with Gasteiger partial charge in [0, 0.05) is 26.2 Å². The maximum absolute atomic E-state index is 12.3. The second-order valence-electron chi connectivity index (χ2n) is 6.55. The van der Waals surface area contributed by atoms with E-state index in [2.05, 4.69) is 10.2 Å². The van der Waals surface area contributed by atoms with Gasteiger partial charge in [0.15, 0.2) is 0 Å². The largest absolute Gasteiger partial charge is 0.379 e. The Bertz CT molecular complexity index is 321. The molecule has 2 aliphatic rings. The molecule has 1 heterocycles. The number of hydrogen-bond acceptors (Lipinski definition) is 4. The van der Waals surface area contributed by atoms with Crippen LogP contribution in [0.4, 0.5) is 0 Å². The first-order chi connectivity index (χ1) is 10.1. The molecule has 21 heavy (non-hydrogen) atoms. The summed E-state index contributed by atoms with van der Waals surface area (Å²) in [6.45, 7) is 8.50. The molecule has 1 aliphatic heterocycles. The monoisotopic (exact) mass is 298 g/mol. The van der Waals surface area contributed by atoms with Crippen molar-refractivity contribution in [1.29, 1.82) is 0 Å². The van der Waals surface area contributed by atoms with Gasteiger partial charge in [-0.3, -0.25) is 9.69 Å². The summed E-state index contributed by atoms with van der Waals surface area (Å²) >= 11 is 0. The van der Waals surface area contributed by atoms with Crippen LogP contribution in [0.2, 0.25) is 0 Å². The molecule has 1 saturated carbocycles. The van der Waals surface area contributed by atoms with Crippen molar-refractivity contribution in [2.24, 2.45) is 0 Å². The van der Waals surface area contributed by atoms with Crippen LogP contribution in [0.3, 0.4) is 0 Å². The van der Waals surface area contributed by atoms with Crippen molar-refractivity contribution < 1.29 is 14.3 Å². The van der Waals surface area contributed by atoms with E-state index >= 15 is 0 Å². The molecule has 1 N–H and O–H groups in total. The van der Waals surface area contributed by atoms with Crippen molar-refractivity contribution in [3.8, 4) is 0 Å². The average Bonchev–Trinajstić information content (AvgIpc) is 3.01. The lowest BCUT2D eigenvalue weighted by Crippen LogP contribution is -2.58. The molecule has 0 bridgehead atoms. The minimum absolute atomic E-state index is 0.102. The van der Waals surface area contributed by atoms with E-state index < -0.39 is 5.54 Å². The van der Waals surface area contributed by atoms with Gasteiger partial charge in [-0.15, -0.1) is 0 Å². The van der Waals surface area contributed by atoms with Crippen molar-refractivity contribution in [1.82, 2.24) is 10.2 Å². The number of morpholine rings is 1. The maximum Gasteiger partial charge on any atom is 0.239 e. The summed E-state index contributed by atoms with van der Waals surface area (Å²) in [6.07, 6.45) is 6.36. The molecule has 1 saturated heterocycles. The third kappa shape index (κ3) is 4.94. The third-order valence-electron chi connectivity index (χ3n) is 4.62. The van der Waals surface area contributed by atoms with Gasteiger partial charge >= 0.3 is 0 Å². The number of carbonyl (C=O) groups is 1. The highest BCUT2D eigenvalue weighted by atomic mass is 16.5. The maximum atomic E-state index is 12.3. The molecule has 0 radical (unpaired) electrons. The lowest BCUT2D eigenvalue weighted by molar-refractivity contribution is -0.134. The number of nitrogens with zero attached hydrogens (tertiary/aromatic N) is 1. The summed E-state index contributed by atoms with van der Waals surface area (Å²) < 4.78 is 11.2. The summed E-state index contributed by atoms with van der Waals surface area (Å²) in [5.41, 5.74) is -0.462. The zero-order valence-corrected chi connectivity index (χ0v) is 13.5. The summed E-state index contributed by atoms with van der Waals surface area (Å²) in [7, 11) is 0. The first-order valence-corrected chi connectivity index (χ1v) is 8.33. The lowest BCUT2D eigenvalue weighted by atomic mass is 10.0. The number of rotatable bonds is 7. The molecular formula is C16H30N2O3. The van der Waals surface area contributed by atoms with E-state index in [1.54, 1.807) is 0 Å². The predicted octanol–water partition coefficient (Wildman–Crippen LogP) is 1.56. The minimum Gasteiger partial charge on any atom is -0.379 e. The second kappa shape index (κ2) is 8.11. The Kier molecular flexibility index (Phi) is 6.45. The van der Waals surface area contributed by atoms with Crippen LogP contribution < -0.4 is 5.32 Å². The average molecular weight is 298 g/mol. The Balaban J connectivity index is 1.61. The van der Waals surface area contributed by atoms with Crippen LogP contribution >= 0.6 is 0 Å². The first kappa shape index (κ1) is 16.7. The highest BCUT2D eigenvalue weighted by Gasteiger charge is 2.35. The third-order valence-corrected chi connectivity index (χ3v) is 4.62. The summed E-state index contributed by atoms with van der Waals surface area (Å²) in [6, 6.07) is 0. The highest BCUT2D eigenvalue weighted by Crippen LogP contribution is 2.21. The standard InChI is InChI=1S/C16H30N2O3/c1-16(2,18-9-12-20-13-10-18)15(19)17-8-5-11-21-14-6-3-4-7-14/h14H,3-13H2,1-2H3,(H,17,19). The predicted molar refractivity (Wildman–Crippen MR) is 82.3 cm³/mol. The van der Waals surface area contributed by atoms with E-state index in [0.717, 1.165) is 26.1 Å². The molecule has 2 fully saturated rings. The molecule has 0 atom stereocenters. The summed E-state index contributed by atoms with van der Waals surface area (Å²) in [5, 5.41) is 3.04. The van der Waals surface area contributed by atoms with Crippen LogP contribution in [-0.2, 0) is 14.3 Å². The van der Waals surface area contributed by atoms with Crippen LogP contribution in [0, 0.1) is 0 Å². The highest BCUT2D eigenvalue weighted by molar-refractivity contribution is 5.85. The fraction of sp³-hybridized carbons (Fsp3) is 0.938. The lowest BCUT2D eigenvalue weighted by Gasteiger charge is -2.39. The molecule has 5 nitrogen and oxygen atoms in total. The van der Waals surface area contributed by atoms with Crippen LogP contribution in [0.25, 0.3) is 0 Å². The SMILES string of the molecule is CC(C)(C(=O)NCCCOC1CCCC1)N1CCOCC1. The van der Waals surface area contributed by atoms with Crippen molar-refractivity contribution >= 4 is 5.91 Å². The number of carbonyl (C=O) groups excluding carboxylic acids is 1. The smallest absolute Gasteiger partial charge is 0.239 e. The van der Waals surface area contributed by atoms with Gasteiger partial charge in [0.05, 0.1) is 24.9 Å². The van der Waals surface area contributed by atoms with Gasteiger partial charge < -0.3 is 14.8 Å². The number of hydrogen-bond donors (Lipinski definition) is 1. The Morgan fingerprint density at radius 2 is 1.95 bits per heavy atom. The molecule has 1 aliphatic carbocycles. The van der Waals surface area contributed by atoms with E-state index in [1.165, 1.54) is 25.7 Å². The van der Waals surface area contributed by atoms with Gasteiger partial charge in [-0.2, -0.15) is 0 Å². The van der Waals surface area contributed by atoms with Crippen LogP contribution in [0.1, 0.15) is 46.0 Å². The van der Waals surface area contributed by atoms with Gasteiger partial charge in [-0.05, 0) is 33.1 Å². The zero-order valence-electron chi connectivity index (χ0n) is 13.5. The topological polar surface area (TPSA) is 50.8 Å². The normalized spacial score (nSPS) is 21.6.